The Kier molecular flexibility index (Phi) is 6.34. The summed E-state index contributed by atoms with van der Waals surface area (Å²) in [6, 6.07) is 22.8. The number of benzene rings is 3. The molecule has 2 heterocycles. The van der Waals surface area contributed by atoms with Gasteiger partial charge in [0.25, 0.3) is 0 Å². The molecule has 0 amide bonds. The molecule has 0 spiro atoms. The highest BCUT2D eigenvalue weighted by Gasteiger charge is 2.31. The van der Waals surface area contributed by atoms with E-state index in [1.807, 2.05) is 71.8 Å². The van der Waals surface area contributed by atoms with E-state index in [2.05, 4.69) is 4.74 Å². The second-order valence-electron chi connectivity index (χ2n) is 8.03. The number of fused-ring (bicyclic) bond motifs is 1. The summed E-state index contributed by atoms with van der Waals surface area (Å²) in [5.74, 6) is 0.0983. The molecule has 36 heavy (non-hydrogen) atoms. The minimum absolute atomic E-state index is 0.113. The van der Waals surface area contributed by atoms with Gasteiger partial charge in [0.2, 0.25) is 5.95 Å². The van der Waals surface area contributed by atoms with Crippen LogP contribution in [-0.2, 0) is 6.61 Å². The summed E-state index contributed by atoms with van der Waals surface area (Å²) in [5, 5.41) is 11.6. The molecule has 0 saturated heterocycles. The fraction of sp³-hybridized carbons (Fsp3) is 0.111. The Balaban J connectivity index is 1.68. The van der Waals surface area contributed by atoms with Crippen LogP contribution in [0.3, 0.4) is 0 Å². The minimum Gasteiger partial charge on any atom is -0.406 e. The van der Waals surface area contributed by atoms with Gasteiger partial charge in [-0.15, -0.1) is 24.5 Å². The smallest absolute Gasteiger partial charge is 0.406 e. The first kappa shape index (κ1) is 23.8. The molecule has 0 radical (unpaired) electrons. The van der Waals surface area contributed by atoms with Gasteiger partial charge in [0.05, 0.1) is 28.2 Å². The SMILES string of the molecule is Cc1ccc(CO)cc1N(c1ccccc1)c1nc(-c2ccc(OC(F)(F)F)cc2)c2sccc2n1. The van der Waals surface area contributed by atoms with Gasteiger partial charge in [0.15, 0.2) is 0 Å². The van der Waals surface area contributed by atoms with E-state index >= 15 is 0 Å². The molecule has 0 bridgehead atoms. The third-order valence-electron chi connectivity index (χ3n) is 5.56. The molecule has 5 aromatic rings. The quantitative estimate of drug-likeness (QED) is 0.257. The molecular weight excluding hydrogens is 487 g/mol. The lowest BCUT2D eigenvalue weighted by Crippen LogP contribution is -2.17. The third kappa shape index (κ3) is 4.89. The van der Waals surface area contributed by atoms with Gasteiger partial charge in [0, 0.05) is 11.3 Å². The molecule has 0 aliphatic rings. The van der Waals surface area contributed by atoms with Crippen LogP contribution in [0.4, 0.5) is 30.5 Å². The number of hydrogen-bond donors (Lipinski definition) is 1. The fourth-order valence-corrected chi connectivity index (χ4v) is 4.74. The van der Waals surface area contributed by atoms with E-state index in [0.717, 1.165) is 27.2 Å². The summed E-state index contributed by atoms with van der Waals surface area (Å²) in [6.07, 6.45) is -4.76. The maximum atomic E-state index is 12.6. The zero-order chi connectivity index (χ0) is 25.3. The van der Waals surface area contributed by atoms with Crippen molar-refractivity contribution in [1.82, 2.24) is 9.97 Å². The minimum atomic E-state index is -4.76. The number of aliphatic hydroxyl groups excluding tert-OH is 1. The number of halogens is 3. The molecule has 0 unspecified atom stereocenters. The highest BCUT2D eigenvalue weighted by Crippen LogP contribution is 2.39. The van der Waals surface area contributed by atoms with E-state index in [0.29, 0.717) is 22.7 Å². The molecule has 1 N–H and O–H groups in total. The first-order valence-corrected chi connectivity index (χ1v) is 11.9. The van der Waals surface area contributed by atoms with Crippen LogP contribution in [0.1, 0.15) is 11.1 Å². The Bertz CT molecular complexity index is 1500. The fourth-order valence-electron chi connectivity index (χ4n) is 3.89. The molecule has 0 atom stereocenters. The number of alkyl halides is 3. The normalized spacial score (nSPS) is 11.6. The van der Waals surface area contributed by atoms with Crippen molar-refractivity contribution in [3.8, 4) is 17.0 Å². The van der Waals surface area contributed by atoms with E-state index in [9.17, 15) is 18.3 Å². The highest BCUT2D eigenvalue weighted by molar-refractivity contribution is 7.17. The van der Waals surface area contributed by atoms with Crippen molar-refractivity contribution in [3.05, 3.63) is 95.4 Å². The Morgan fingerprint density at radius 1 is 0.944 bits per heavy atom. The van der Waals surface area contributed by atoms with Crippen molar-refractivity contribution in [2.45, 2.75) is 19.9 Å². The van der Waals surface area contributed by atoms with Gasteiger partial charge >= 0.3 is 6.36 Å². The molecule has 0 saturated carbocycles. The van der Waals surface area contributed by atoms with Gasteiger partial charge in [0.1, 0.15) is 5.75 Å². The van der Waals surface area contributed by atoms with Crippen molar-refractivity contribution in [2.75, 3.05) is 4.90 Å². The van der Waals surface area contributed by atoms with Crippen LogP contribution in [0.15, 0.2) is 84.2 Å². The van der Waals surface area contributed by atoms with Gasteiger partial charge in [-0.25, -0.2) is 9.97 Å². The van der Waals surface area contributed by atoms with Crippen molar-refractivity contribution < 1.29 is 23.0 Å². The number of anilines is 3. The van der Waals surface area contributed by atoms with Gasteiger partial charge < -0.3 is 9.84 Å². The summed E-state index contributed by atoms with van der Waals surface area (Å²) < 4.78 is 42.7. The first-order chi connectivity index (χ1) is 17.3. The zero-order valence-corrected chi connectivity index (χ0v) is 19.8. The molecule has 2 aromatic heterocycles. The predicted molar refractivity (Wildman–Crippen MR) is 135 cm³/mol. The lowest BCUT2D eigenvalue weighted by molar-refractivity contribution is -0.274. The van der Waals surface area contributed by atoms with Crippen molar-refractivity contribution in [3.63, 3.8) is 0 Å². The van der Waals surface area contributed by atoms with Crippen LogP contribution in [0.5, 0.6) is 5.75 Å². The molecule has 0 aliphatic heterocycles. The molecule has 0 aliphatic carbocycles. The maximum Gasteiger partial charge on any atom is 0.573 e. The van der Waals surface area contributed by atoms with Crippen molar-refractivity contribution in [2.24, 2.45) is 0 Å². The number of para-hydroxylation sites is 1. The van der Waals surface area contributed by atoms with E-state index in [1.54, 1.807) is 12.1 Å². The van der Waals surface area contributed by atoms with Crippen molar-refractivity contribution >= 4 is 38.9 Å². The molecule has 9 heteroatoms. The van der Waals surface area contributed by atoms with Gasteiger partial charge in [-0.1, -0.05) is 30.3 Å². The molecule has 182 valence electrons. The Labute approximate surface area is 209 Å². The average Bonchev–Trinajstić information content (AvgIpc) is 3.34. The number of thiophene rings is 1. The monoisotopic (exact) mass is 507 g/mol. The zero-order valence-electron chi connectivity index (χ0n) is 19.0. The Morgan fingerprint density at radius 2 is 1.69 bits per heavy atom. The number of ether oxygens (including phenoxy) is 1. The molecule has 0 fully saturated rings. The van der Waals surface area contributed by atoms with E-state index < -0.39 is 6.36 Å². The number of aryl methyl sites for hydroxylation is 1. The number of aromatic nitrogens is 2. The van der Waals surface area contributed by atoms with E-state index in [-0.39, 0.29) is 12.4 Å². The lowest BCUT2D eigenvalue weighted by Gasteiger charge is -2.26. The predicted octanol–water partition coefficient (Wildman–Crippen LogP) is 7.53. The van der Waals surface area contributed by atoms with Crippen LogP contribution >= 0.6 is 11.3 Å². The number of hydrogen-bond acceptors (Lipinski definition) is 6. The topological polar surface area (TPSA) is 58.5 Å². The number of rotatable bonds is 6. The van der Waals surface area contributed by atoms with Crippen LogP contribution in [-0.4, -0.2) is 21.4 Å². The molecule has 3 aromatic carbocycles. The van der Waals surface area contributed by atoms with Gasteiger partial charge in [-0.2, -0.15) is 0 Å². The summed E-state index contributed by atoms with van der Waals surface area (Å²) in [5.41, 5.74) is 5.28. The Morgan fingerprint density at radius 3 is 2.39 bits per heavy atom. The van der Waals surface area contributed by atoms with Gasteiger partial charge in [-0.3, -0.25) is 4.90 Å². The third-order valence-corrected chi connectivity index (χ3v) is 6.47. The second-order valence-corrected chi connectivity index (χ2v) is 8.95. The van der Waals surface area contributed by atoms with Crippen LogP contribution < -0.4 is 9.64 Å². The standard InChI is InChI=1S/C27H20F3N3O2S/c1-17-7-8-18(16-34)15-23(17)33(20-5-3-2-4-6-20)26-31-22-13-14-36-25(22)24(32-26)19-9-11-21(12-10-19)35-27(28,29)30/h2-15,34H,16H2,1H3. The van der Waals surface area contributed by atoms with Crippen molar-refractivity contribution in [1.29, 1.82) is 0 Å². The number of nitrogens with zero attached hydrogens (tertiary/aromatic N) is 3. The lowest BCUT2D eigenvalue weighted by atomic mass is 10.1. The summed E-state index contributed by atoms with van der Waals surface area (Å²) in [6.45, 7) is 1.85. The molecule has 5 rings (SSSR count). The molecular formula is C27H20F3N3O2S. The van der Waals surface area contributed by atoms with E-state index in [1.165, 1.54) is 23.5 Å². The summed E-state index contributed by atoms with van der Waals surface area (Å²) in [4.78, 5) is 11.6. The van der Waals surface area contributed by atoms with Crippen LogP contribution in [0.2, 0.25) is 0 Å². The van der Waals surface area contributed by atoms with Gasteiger partial charge in [-0.05, 0) is 72.0 Å². The maximum absolute atomic E-state index is 12.6. The summed E-state index contributed by atoms with van der Waals surface area (Å²) in [7, 11) is 0. The first-order valence-electron chi connectivity index (χ1n) is 11.0. The molecule has 5 nitrogen and oxygen atoms in total. The highest BCUT2D eigenvalue weighted by atomic mass is 32.1. The number of aliphatic hydroxyl groups is 1. The Hall–Kier alpha value is -3.95. The second kappa shape index (κ2) is 9.60. The summed E-state index contributed by atoms with van der Waals surface area (Å²) >= 11 is 1.46. The van der Waals surface area contributed by atoms with Crippen LogP contribution in [0.25, 0.3) is 21.5 Å². The largest absolute Gasteiger partial charge is 0.573 e. The van der Waals surface area contributed by atoms with Crippen LogP contribution in [0, 0.1) is 6.92 Å². The average molecular weight is 508 g/mol. The van der Waals surface area contributed by atoms with E-state index in [4.69, 9.17) is 9.97 Å².